The predicted octanol–water partition coefficient (Wildman–Crippen LogP) is 3.37. The van der Waals surface area contributed by atoms with E-state index in [1.165, 1.54) is 0 Å². The van der Waals surface area contributed by atoms with Crippen molar-refractivity contribution in [3.05, 3.63) is 65.2 Å². The highest BCUT2D eigenvalue weighted by atomic mass is 32.2. The van der Waals surface area contributed by atoms with Crippen molar-refractivity contribution in [1.82, 2.24) is 0 Å². The molecule has 2 amide bonds. The first kappa shape index (κ1) is 17.6. The second kappa shape index (κ2) is 8.22. The zero-order chi connectivity index (χ0) is 17.6. The van der Waals surface area contributed by atoms with Crippen molar-refractivity contribution in [3.8, 4) is 0 Å². The molecule has 1 aliphatic rings. The van der Waals surface area contributed by atoms with Gasteiger partial charge in [-0.15, -0.1) is 0 Å². The van der Waals surface area contributed by atoms with Gasteiger partial charge in [0.1, 0.15) is 4.38 Å². The van der Waals surface area contributed by atoms with Gasteiger partial charge in [0.05, 0.1) is 6.54 Å². The summed E-state index contributed by atoms with van der Waals surface area (Å²) >= 11 is 3.42. The van der Waals surface area contributed by atoms with Crippen LogP contribution < -0.4 is 11.1 Å². The molecule has 0 atom stereocenters. The van der Waals surface area contributed by atoms with Crippen LogP contribution in [0, 0.1) is 0 Å². The first-order valence-corrected chi connectivity index (χ1v) is 9.70. The van der Waals surface area contributed by atoms with Crippen LogP contribution in [0.25, 0.3) is 0 Å². The summed E-state index contributed by atoms with van der Waals surface area (Å²) in [5, 5.41) is 2.86. The Morgan fingerprint density at radius 1 is 1.16 bits per heavy atom. The number of thioether (sulfide) groups is 2. The molecule has 128 valence electrons. The SMILES string of the molecule is NC(=O)c1ccc(NC(=O)c2ccccc2CSC2=NCCS2)cc1. The van der Waals surface area contributed by atoms with E-state index < -0.39 is 5.91 Å². The maximum Gasteiger partial charge on any atom is 0.255 e. The van der Waals surface area contributed by atoms with Crippen molar-refractivity contribution in [3.63, 3.8) is 0 Å². The number of primary amides is 1. The molecule has 0 unspecified atom stereocenters. The fourth-order valence-electron chi connectivity index (χ4n) is 2.33. The van der Waals surface area contributed by atoms with E-state index in [4.69, 9.17) is 5.73 Å². The minimum atomic E-state index is -0.493. The van der Waals surface area contributed by atoms with Crippen LogP contribution >= 0.6 is 23.5 Å². The Kier molecular flexibility index (Phi) is 5.78. The molecule has 0 radical (unpaired) electrons. The molecule has 1 aliphatic heterocycles. The summed E-state index contributed by atoms with van der Waals surface area (Å²) in [7, 11) is 0. The van der Waals surface area contributed by atoms with E-state index in [2.05, 4.69) is 10.3 Å². The van der Waals surface area contributed by atoms with E-state index in [1.54, 1.807) is 47.8 Å². The first-order chi connectivity index (χ1) is 12.1. The van der Waals surface area contributed by atoms with Crippen LogP contribution in [0.15, 0.2) is 53.5 Å². The molecular weight excluding hydrogens is 354 g/mol. The lowest BCUT2D eigenvalue weighted by molar-refractivity contribution is 0.0998. The quantitative estimate of drug-likeness (QED) is 0.844. The molecule has 2 aromatic rings. The first-order valence-electron chi connectivity index (χ1n) is 7.72. The minimum absolute atomic E-state index is 0.177. The zero-order valence-corrected chi connectivity index (χ0v) is 15.0. The van der Waals surface area contributed by atoms with Crippen LogP contribution in [0.2, 0.25) is 0 Å². The van der Waals surface area contributed by atoms with Crippen LogP contribution in [0.1, 0.15) is 26.3 Å². The molecule has 0 saturated carbocycles. The third-order valence-electron chi connectivity index (χ3n) is 3.60. The summed E-state index contributed by atoms with van der Waals surface area (Å²) in [4.78, 5) is 28.1. The molecule has 0 saturated heterocycles. The molecule has 1 heterocycles. The molecule has 0 aromatic heterocycles. The fraction of sp³-hybridized carbons (Fsp3) is 0.167. The average Bonchev–Trinajstić information content (AvgIpc) is 3.14. The summed E-state index contributed by atoms with van der Waals surface area (Å²) in [6, 6.07) is 14.1. The Morgan fingerprint density at radius 3 is 2.60 bits per heavy atom. The van der Waals surface area contributed by atoms with Crippen LogP contribution in [0.4, 0.5) is 5.69 Å². The van der Waals surface area contributed by atoms with Crippen molar-refractivity contribution < 1.29 is 9.59 Å². The highest BCUT2D eigenvalue weighted by molar-refractivity contribution is 8.38. The van der Waals surface area contributed by atoms with E-state index >= 15 is 0 Å². The van der Waals surface area contributed by atoms with Crippen molar-refractivity contribution >= 4 is 45.4 Å². The Morgan fingerprint density at radius 2 is 1.92 bits per heavy atom. The zero-order valence-electron chi connectivity index (χ0n) is 13.4. The lowest BCUT2D eigenvalue weighted by Crippen LogP contribution is -2.15. The molecule has 0 spiro atoms. The third kappa shape index (κ3) is 4.64. The van der Waals surface area contributed by atoms with Crippen molar-refractivity contribution in [2.24, 2.45) is 10.7 Å². The second-order valence-electron chi connectivity index (χ2n) is 5.34. The number of benzene rings is 2. The number of hydrogen-bond donors (Lipinski definition) is 2. The number of hydrogen-bond acceptors (Lipinski definition) is 5. The summed E-state index contributed by atoms with van der Waals surface area (Å²) < 4.78 is 1.08. The number of rotatable bonds is 5. The van der Waals surface area contributed by atoms with Crippen molar-refractivity contribution in [2.45, 2.75) is 5.75 Å². The lowest BCUT2D eigenvalue weighted by atomic mass is 10.1. The Hall–Kier alpha value is -2.25. The summed E-state index contributed by atoms with van der Waals surface area (Å²) in [5.41, 5.74) is 7.85. The van der Waals surface area contributed by atoms with Crippen molar-refractivity contribution in [2.75, 3.05) is 17.6 Å². The van der Waals surface area contributed by atoms with E-state index in [-0.39, 0.29) is 5.91 Å². The maximum absolute atomic E-state index is 12.6. The van der Waals surface area contributed by atoms with E-state index in [0.29, 0.717) is 22.6 Å². The van der Waals surface area contributed by atoms with Gasteiger partial charge in [-0.1, -0.05) is 41.7 Å². The molecule has 25 heavy (non-hydrogen) atoms. The number of nitrogens with zero attached hydrogens (tertiary/aromatic N) is 1. The number of amides is 2. The normalized spacial score (nSPS) is 13.4. The molecule has 0 fully saturated rings. The van der Waals surface area contributed by atoms with E-state index in [1.807, 2.05) is 24.3 Å². The number of carbonyl (C=O) groups excluding carboxylic acids is 2. The molecule has 0 bridgehead atoms. The standard InChI is InChI=1S/C18H17N3O2S2/c19-16(22)12-5-7-14(8-6-12)21-17(23)15-4-2-1-3-13(15)11-25-18-20-9-10-24-18/h1-8H,9-11H2,(H2,19,22)(H,21,23). The molecule has 7 heteroatoms. The molecule has 5 nitrogen and oxygen atoms in total. The number of aliphatic imine (C=N–C) groups is 1. The maximum atomic E-state index is 12.6. The minimum Gasteiger partial charge on any atom is -0.366 e. The summed E-state index contributed by atoms with van der Waals surface area (Å²) in [6.45, 7) is 0.871. The monoisotopic (exact) mass is 371 g/mol. The van der Waals surface area contributed by atoms with E-state index in [9.17, 15) is 9.59 Å². The molecule has 0 aliphatic carbocycles. The Labute approximate surface area is 154 Å². The summed E-state index contributed by atoms with van der Waals surface area (Å²) in [5.74, 6) is 1.07. The predicted molar refractivity (Wildman–Crippen MR) is 105 cm³/mol. The van der Waals surface area contributed by atoms with Gasteiger partial charge >= 0.3 is 0 Å². The van der Waals surface area contributed by atoms with Crippen LogP contribution in [-0.2, 0) is 5.75 Å². The van der Waals surface area contributed by atoms with Gasteiger partial charge in [0.15, 0.2) is 0 Å². The highest BCUT2D eigenvalue weighted by Gasteiger charge is 2.14. The fourth-order valence-corrected chi connectivity index (χ4v) is 4.34. The van der Waals surface area contributed by atoms with Gasteiger partial charge in [-0.05, 0) is 35.9 Å². The smallest absolute Gasteiger partial charge is 0.255 e. The van der Waals surface area contributed by atoms with E-state index in [0.717, 1.165) is 22.2 Å². The topological polar surface area (TPSA) is 84.5 Å². The van der Waals surface area contributed by atoms with Gasteiger partial charge in [0.2, 0.25) is 5.91 Å². The number of nitrogens with two attached hydrogens (primary N) is 1. The second-order valence-corrected chi connectivity index (χ2v) is 7.64. The molecule has 3 rings (SSSR count). The molecular formula is C18H17N3O2S2. The molecule has 3 N–H and O–H groups in total. The van der Waals surface area contributed by atoms with Gasteiger partial charge in [-0.25, -0.2) is 0 Å². The largest absolute Gasteiger partial charge is 0.366 e. The number of anilines is 1. The van der Waals surface area contributed by atoms with Gasteiger partial charge in [0, 0.05) is 28.3 Å². The van der Waals surface area contributed by atoms with Gasteiger partial charge in [-0.2, -0.15) is 0 Å². The van der Waals surface area contributed by atoms with Gasteiger partial charge < -0.3 is 11.1 Å². The van der Waals surface area contributed by atoms with Crippen LogP contribution in [0.3, 0.4) is 0 Å². The van der Waals surface area contributed by atoms with Crippen LogP contribution in [-0.4, -0.2) is 28.5 Å². The lowest BCUT2D eigenvalue weighted by Gasteiger charge is -2.10. The van der Waals surface area contributed by atoms with Crippen LogP contribution in [0.5, 0.6) is 0 Å². The third-order valence-corrected chi connectivity index (χ3v) is 5.90. The van der Waals surface area contributed by atoms with Gasteiger partial charge in [-0.3, -0.25) is 14.6 Å². The Bertz CT molecular complexity index is 819. The number of nitrogens with one attached hydrogen (secondary N) is 1. The Balaban J connectivity index is 1.69. The van der Waals surface area contributed by atoms with Gasteiger partial charge in [0.25, 0.3) is 5.91 Å². The summed E-state index contributed by atoms with van der Waals surface area (Å²) in [6.07, 6.45) is 0. The molecule has 2 aromatic carbocycles. The van der Waals surface area contributed by atoms with Crippen molar-refractivity contribution in [1.29, 1.82) is 0 Å². The number of carbonyl (C=O) groups is 2. The average molecular weight is 371 g/mol. The highest BCUT2D eigenvalue weighted by Crippen LogP contribution is 2.26.